The molecule has 2 N–H and O–H groups in total. The van der Waals surface area contributed by atoms with Crippen molar-refractivity contribution in [2.45, 2.75) is 58.2 Å². The van der Waals surface area contributed by atoms with Crippen molar-refractivity contribution in [1.82, 2.24) is 0 Å². The number of benzene rings is 1. The van der Waals surface area contributed by atoms with Crippen LogP contribution in [0.2, 0.25) is 0 Å². The molecule has 1 saturated carbocycles. The molecule has 3 heteroatoms. The van der Waals surface area contributed by atoms with Crippen LogP contribution < -0.4 is 5.32 Å². The summed E-state index contributed by atoms with van der Waals surface area (Å²) in [4.78, 5) is 0. The normalized spacial score (nSPS) is 23.8. The Bertz CT molecular complexity index is 421. The molecular weight excluding hydrogens is 262 g/mol. The van der Waals surface area contributed by atoms with Gasteiger partial charge in [-0.15, -0.1) is 0 Å². The third-order valence-electron chi connectivity index (χ3n) is 4.46. The zero-order valence-electron chi connectivity index (χ0n) is 13.3. The van der Waals surface area contributed by atoms with Crippen molar-refractivity contribution in [3.05, 3.63) is 29.8 Å². The first-order chi connectivity index (χ1) is 10.2. The standard InChI is InChI=1S/C18H29NO2/c1-3-15-9-5-6-10-17(15)19-12-16(20)13-21-18-11-7-4-8-14(18)2/h5-6,9-10,14,16,18-20H,3-4,7-8,11-13H2,1-2H3. The molecule has 0 radical (unpaired) electrons. The minimum absolute atomic E-state index is 0.330. The number of anilines is 1. The maximum absolute atomic E-state index is 10.1. The molecule has 0 heterocycles. The van der Waals surface area contributed by atoms with Gasteiger partial charge >= 0.3 is 0 Å². The van der Waals surface area contributed by atoms with E-state index in [1.54, 1.807) is 0 Å². The lowest BCUT2D eigenvalue weighted by molar-refractivity contribution is -0.0424. The Hall–Kier alpha value is -1.06. The number of hydrogen-bond acceptors (Lipinski definition) is 3. The van der Waals surface area contributed by atoms with Gasteiger partial charge in [-0.3, -0.25) is 0 Å². The Labute approximate surface area is 128 Å². The largest absolute Gasteiger partial charge is 0.389 e. The smallest absolute Gasteiger partial charge is 0.0945 e. The molecule has 1 fully saturated rings. The number of aliphatic hydroxyl groups is 1. The Morgan fingerprint density at radius 3 is 2.81 bits per heavy atom. The van der Waals surface area contributed by atoms with Crippen LogP contribution in [0.4, 0.5) is 5.69 Å². The van der Waals surface area contributed by atoms with Crippen LogP contribution >= 0.6 is 0 Å². The van der Waals surface area contributed by atoms with Crippen LogP contribution in [0.25, 0.3) is 0 Å². The molecule has 0 saturated heterocycles. The molecule has 21 heavy (non-hydrogen) atoms. The Morgan fingerprint density at radius 1 is 1.29 bits per heavy atom. The minimum atomic E-state index is -0.455. The molecule has 0 amide bonds. The number of rotatable bonds is 7. The summed E-state index contributed by atoms with van der Waals surface area (Å²) in [5.74, 6) is 0.625. The van der Waals surface area contributed by atoms with Crippen LogP contribution in [0.5, 0.6) is 0 Å². The van der Waals surface area contributed by atoms with E-state index in [2.05, 4.69) is 31.3 Å². The van der Waals surface area contributed by atoms with E-state index in [-0.39, 0.29) is 0 Å². The molecule has 1 aromatic rings. The van der Waals surface area contributed by atoms with Gasteiger partial charge in [0.1, 0.15) is 0 Å². The van der Waals surface area contributed by atoms with Crippen molar-refractivity contribution in [2.24, 2.45) is 5.92 Å². The van der Waals surface area contributed by atoms with Gasteiger partial charge < -0.3 is 15.2 Å². The van der Waals surface area contributed by atoms with E-state index in [9.17, 15) is 5.11 Å². The maximum atomic E-state index is 10.1. The molecule has 3 nitrogen and oxygen atoms in total. The molecule has 0 spiro atoms. The molecule has 1 aliphatic rings. The van der Waals surface area contributed by atoms with Crippen molar-refractivity contribution < 1.29 is 9.84 Å². The summed E-state index contributed by atoms with van der Waals surface area (Å²) in [6, 6.07) is 8.26. The van der Waals surface area contributed by atoms with Gasteiger partial charge in [0.05, 0.1) is 18.8 Å². The minimum Gasteiger partial charge on any atom is -0.389 e. The first-order valence-corrected chi connectivity index (χ1v) is 8.32. The SMILES string of the molecule is CCc1ccccc1NCC(O)COC1CCCCC1C. The molecule has 0 bridgehead atoms. The van der Waals surface area contributed by atoms with Crippen molar-refractivity contribution in [3.63, 3.8) is 0 Å². The van der Waals surface area contributed by atoms with Crippen LogP contribution in [0, 0.1) is 5.92 Å². The first-order valence-electron chi connectivity index (χ1n) is 8.32. The third kappa shape index (κ3) is 5.01. The molecule has 0 aromatic heterocycles. The van der Waals surface area contributed by atoms with Gasteiger partial charge in [-0.2, -0.15) is 0 Å². The quantitative estimate of drug-likeness (QED) is 0.806. The van der Waals surface area contributed by atoms with E-state index in [1.807, 2.05) is 12.1 Å². The van der Waals surface area contributed by atoms with Crippen LogP contribution in [0.3, 0.4) is 0 Å². The average Bonchev–Trinajstić information content (AvgIpc) is 2.52. The highest BCUT2D eigenvalue weighted by atomic mass is 16.5. The zero-order valence-corrected chi connectivity index (χ0v) is 13.3. The fourth-order valence-electron chi connectivity index (χ4n) is 3.05. The average molecular weight is 291 g/mol. The van der Waals surface area contributed by atoms with E-state index in [4.69, 9.17) is 4.74 Å². The molecule has 118 valence electrons. The Morgan fingerprint density at radius 2 is 2.05 bits per heavy atom. The number of nitrogens with one attached hydrogen (secondary N) is 1. The van der Waals surface area contributed by atoms with Crippen molar-refractivity contribution >= 4 is 5.69 Å². The fourth-order valence-corrected chi connectivity index (χ4v) is 3.05. The van der Waals surface area contributed by atoms with Gasteiger partial charge in [-0.05, 0) is 36.8 Å². The Balaban J connectivity index is 1.73. The molecule has 1 aliphatic carbocycles. The highest BCUT2D eigenvalue weighted by Gasteiger charge is 2.22. The van der Waals surface area contributed by atoms with Crippen LogP contribution in [-0.2, 0) is 11.2 Å². The molecular formula is C18H29NO2. The van der Waals surface area contributed by atoms with Gasteiger partial charge in [0, 0.05) is 12.2 Å². The summed E-state index contributed by atoms with van der Waals surface area (Å²) in [6.07, 6.45) is 5.84. The van der Waals surface area contributed by atoms with Gasteiger partial charge in [0.2, 0.25) is 0 Å². The second kappa shape index (κ2) is 8.40. The molecule has 3 atom stereocenters. The molecule has 0 aliphatic heterocycles. The summed E-state index contributed by atoms with van der Waals surface area (Å²) in [5, 5.41) is 13.4. The lowest BCUT2D eigenvalue weighted by Gasteiger charge is -2.29. The number of hydrogen-bond donors (Lipinski definition) is 2. The summed E-state index contributed by atoms with van der Waals surface area (Å²) in [5.41, 5.74) is 2.40. The second-order valence-corrected chi connectivity index (χ2v) is 6.18. The van der Waals surface area contributed by atoms with E-state index >= 15 is 0 Å². The number of ether oxygens (including phenoxy) is 1. The van der Waals surface area contributed by atoms with Crippen molar-refractivity contribution in [3.8, 4) is 0 Å². The van der Waals surface area contributed by atoms with E-state index in [1.165, 1.54) is 24.8 Å². The maximum Gasteiger partial charge on any atom is 0.0945 e. The summed E-state index contributed by atoms with van der Waals surface area (Å²) in [6.45, 7) is 5.37. The number of aryl methyl sites for hydroxylation is 1. The monoisotopic (exact) mass is 291 g/mol. The third-order valence-corrected chi connectivity index (χ3v) is 4.46. The van der Waals surface area contributed by atoms with E-state index in [0.717, 1.165) is 18.5 Å². The van der Waals surface area contributed by atoms with Crippen LogP contribution in [-0.4, -0.2) is 30.5 Å². The lowest BCUT2D eigenvalue weighted by atomic mass is 9.88. The summed E-state index contributed by atoms with van der Waals surface area (Å²) in [7, 11) is 0. The highest BCUT2D eigenvalue weighted by molar-refractivity contribution is 5.51. The van der Waals surface area contributed by atoms with Crippen molar-refractivity contribution in [2.75, 3.05) is 18.5 Å². The second-order valence-electron chi connectivity index (χ2n) is 6.18. The van der Waals surface area contributed by atoms with Gasteiger partial charge in [-0.1, -0.05) is 44.9 Å². The first kappa shape index (κ1) is 16.3. The van der Waals surface area contributed by atoms with Crippen LogP contribution in [0.15, 0.2) is 24.3 Å². The number of para-hydroxylation sites is 1. The fraction of sp³-hybridized carbons (Fsp3) is 0.667. The Kier molecular flexibility index (Phi) is 6.52. The van der Waals surface area contributed by atoms with Crippen LogP contribution in [0.1, 0.15) is 45.1 Å². The van der Waals surface area contributed by atoms with Gasteiger partial charge in [0.15, 0.2) is 0 Å². The predicted molar refractivity (Wildman–Crippen MR) is 87.7 cm³/mol. The highest BCUT2D eigenvalue weighted by Crippen LogP contribution is 2.26. The topological polar surface area (TPSA) is 41.5 Å². The van der Waals surface area contributed by atoms with Gasteiger partial charge in [-0.25, -0.2) is 0 Å². The predicted octanol–water partition coefficient (Wildman–Crippen LogP) is 3.62. The van der Waals surface area contributed by atoms with E-state index in [0.29, 0.717) is 25.2 Å². The molecule has 1 aromatic carbocycles. The zero-order chi connectivity index (χ0) is 15.1. The summed E-state index contributed by atoms with van der Waals surface area (Å²) >= 11 is 0. The van der Waals surface area contributed by atoms with Gasteiger partial charge in [0.25, 0.3) is 0 Å². The number of aliphatic hydroxyl groups excluding tert-OH is 1. The van der Waals surface area contributed by atoms with Crippen molar-refractivity contribution in [1.29, 1.82) is 0 Å². The molecule has 3 unspecified atom stereocenters. The van der Waals surface area contributed by atoms with E-state index < -0.39 is 6.10 Å². The molecule has 2 rings (SSSR count). The lowest BCUT2D eigenvalue weighted by Crippen LogP contribution is -2.32. The summed E-state index contributed by atoms with van der Waals surface area (Å²) < 4.78 is 5.91.